The van der Waals surface area contributed by atoms with Gasteiger partial charge in [-0.1, -0.05) is 261 Å². The highest BCUT2D eigenvalue weighted by Gasteiger charge is 2.22. The highest BCUT2D eigenvalue weighted by molar-refractivity contribution is 6.24. The Morgan fingerprint density at radius 1 is 0.131 bits per heavy atom. The van der Waals surface area contributed by atoms with Crippen LogP contribution >= 0.6 is 0 Å². The molecule has 15 aromatic rings. The first kappa shape index (κ1) is 49.9. The molecule has 0 unspecified atom stereocenters. The monoisotopic (exact) mass is 1070 g/mol. The fourth-order valence-corrected chi connectivity index (χ4v) is 12.8. The zero-order chi connectivity index (χ0) is 55.8. The van der Waals surface area contributed by atoms with Crippen LogP contribution in [-0.4, -0.2) is 0 Å². The highest BCUT2D eigenvalue weighted by atomic mass is 15.1. The number of hydrogen-bond donors (Lipinski definition) is 0. The smallest absolute Gasteiger partial charge is 0.0467 e. The maximum Gasteiger partial charge on any atom is 0.0467 e. The van der Waals surface area contributed by atoms with Gasteiger partial charge in [0.05, 0.1) is 0 Å². The van der Waals surface area contributed by atoms with Crippen LogP contribution in [0.4, 0.5) is 34.1 Å². The average Bonchev–Trinajstić information content (AvgIpc) is 1.82. The van der Waals surface area contributed by atoms with Gasteiger partial charge in [-0.05, 0) is 189 Å². The first-order valence-electron chi connectivity index (χ1n) is 28.9. The van der Waals surface area contributed by atoms with Gasteiger partial charge < -0.3 is 9.80 Å². The summed E-state index contributed by atoms with van der Waals surface area (Å²) in [6.07, 6.45) is 0. The van der Waals surface area contributed by atoms with Crippen LogP contribution in [-0.2, 0) is 0 Å². The zero-order valence-corrected chi connectivity index (χ0v) is 46.2. The summed E-state index contributed by atoms with van der Waals surface area (Å²) in [7, 11) is 0. The van der Waals surface area contributed by atoms with E-state index in [2.05, 4.69) is 350 Å². The van der Waals surface area contributed by atoms with Crippen LogP contribution in [0.1, 0.15) is 0 Å². The van der Waals surface area contributed by atoms with Crippen molar-refractivity contribution in [3.63, 3.8) is 0 Å². The lowest BCUT2D eigenvalue weighted by Gasteiger charge is -2.26. The van der Waals surface area contributed by atoms with Crippen LogP contribution in [0.5, 0.6) is 0 Å². The minimum Gasteiger partial charge on any atom is -0.310 e. The van der Waals surface area contributed by atoms with E-state index in [1.165, 1.54) is 110 Å². The van der Waals surface area contributed by atoms with Crippen molar-refractivity contribution in [1.29, 1.82) is 0 Å². The second-order valence-electron chi connectivity index (χ2n) is 21.5. The highest BCUT2D eigenvalue weighted by Crippen LogP contribution is 2.49. The molecule has 0 aliphatic heterocycles. The van der Waals surface area contributed by atoms with Gasteiger partial charge in [-0.15, -0.1) is 0 Å². The van der Waals surface area contributed by atoms with Gasteiger partial charge in [-0.2, -0.15) is 0 Å². The molecule has 0 atom stereocenters. The second-order valence-corrected chi connectivity index (χ2v) is 21.5. The molecule has 0 saturated heterocycles. The molecule has 0 aromatic heterocycles. The van der Waals surface area contributed by atoms with Gasteiger partial charge in [0.1, 0.15) is 0 Å². The molecule has 0 aliphatic rings. The molecule has 2 heteroatoms. The first-order valence-corrected chi connectivity index (χ1v) is 28.9. The van der Waals surface area contributed by atoms with Crippen LogP contribution in [0.25, 0.3) is 110 Å². The maximum absolute atomic E-state index is 2.43. The summed E-state index contributed by atoms with van der Waals surface area (Å²) in [4.78, 5) is 4.71. The van der Waals surface area contributed by atoms with Gasteiger partial charge in [-0.25, -0.2) is 0 Å². The van der Waals surface area contributed by atoms with E-state index in [1.54, 1.807) is 0 Å². The number of para-hydroxylation sites is 2. The van der Waals surface area contributed by atoms with Gasteiger partial charge in [0.25, 0.3) is 0 Å². The Morgan fingerprint density at radius 2 is 0.357 bits per heavy atom. The van der Waals surface area contributed by atoms with E-state index < -0.39 is 0 Å². The Bertz CT molecular complexity index is 4440. The molecule has 84 heavy (non-hydrogen) atoms. The summed E-state index contributed by atoms with van der Waals surface area (Å²) in [6, 6.07) is 124. The predicted octanol–water partition coefficient (Wildman–Crippen LogP) is 23.2. The Labute approximate surface area is 490 Å². The lowest BCUT2D eigenvalue weighted by molar-refractivity contribution is 1.28. The molecule has 2 nitrogen and oxygen atoms in total. The van der Waals surface area contributed by atoms with E-state index in [1.807, 2.05) is 0 Å². The van der Waals surface area contributed by atoms with Crippen molar-refractivity contribution in [3.8, 4) is 66.8 Å². The molecule has 0 fully saturated rings. The molecule has 0 bridgehead atoms. The fraction of sp³-hybridized carbons (Fsp3) is 0. The molecule has 0 heterocycles. The third-order valence-electron chi connectivity index (χ3n) is 16.6. The fourth-order valence-electron chi connectivity index (χ4n) is 12.8. The van der Waals surface area contributed by atoms with E-state index in [-0.39, 0.29) is 0 Å². The summed E-state index contributed by atoms with van der Waals surface area (Å²) in [6.45, 7) is 0. The summed E-state index contributed by atoms with van der Waals surface area (Å²) in [5, 5.41) is 9.77. The SMILES string of the molecule is c1ccc(-c2cccc(N(c3ccccc3)c3ccc(-c4c5ccccc5c(-c5cccc(-c6c7ccccc7c(-c7ccc(N(c8ccccc8)c8cccc(-c9ccccc9)c8)cc7)c7ccccc67)c5)c5ccccc45)cc3)c2)cc1. The average molecular weight is 1070 g/mol. The van der Waals surface area contributed by atoms with Crippen molar-refractivity contribution >= 4 is 77.2 Å². The van der Waals surface area contributed by atoms with Crippen LogP contribution in [0.15, 0.2) is 340 Å². The summed E-state index contributed by atoms with van der Waals surface area (Å²) in [5.41, 5.74) is 21.0. The quantitative estimate of drug-likeness (QED) is 0.113. The molecule has 0 amide bonds. The Morgan fingerprint density at radius 3 is 0.679 bits per heavy atom. The zero-order valence-electron chi connectivity index (χ0n) is 46.2. The van der Waals surface area contributed by atoms with Crippen molar-refractivity contribution in [3.05, 3.63) is 340 Å². The number of benzene rings is 15. The van der Waals surface area contributed by atoms with Gasteiger partial charge >= 0.3 is 0 Å². The molecule has 0 radical (unpaired) electrons. The van der Waals surface area contributed by atoms with Crippen molar-refractivity contribution in [2.24, 2.45) is 0 Å². The molecule has 15 rings (SSSR count). The number of nitrogens with zero attached hydrogens (tertiary/aromatic N) is 2. The standard InChI is InChI=1S/C82H56N2/c1-5-24-57(25-6-1)61-28-22-36-69(55-61)83(65-32-9-3-10-33-65)67-50-46-59(47-51-67)79-71-38-13-17-42-75(71)81(76-43-18-14-39-72(76)79)63-30-21-31-64(54-63)82-77-44-19-15-40-73(77)80(74-41-16-20-45-78(74)82)60-48-52-68(53-49-60)84(66-34-11-4-12-35-66)70-37-23-29-62(56-70)58-26-7-2-8-27-58/h1-56H. The molecule has 0 spiro atoms. The van der Waals surface area contributed by atoms with Gasteiger partial charge in [-0.3, -0.25) is 0 Å². The first-order chi connectivity index (χ1) is 41.7. The Kier molecular flexibility index (Phi) is 12.9. The van der Waals surface area contributed by atoms with Gasteiger partial charge in [0, 0.05) is 34.1 Å². The van der Waals surface area contributed by atoms with E-state index in [0.717, 1.165) is 34.1 Å². The molecular weight excluding hydrogens is 1010 g/mol. The van der Waals surface area contributed by atoms with E-state index >= 15 is 0 Å². The Balaban J connectivity index is 0.824. The number of rotatable bonds is 12. The van der Waals surface area contributed by atoms with Crippen molar-refractivity contribution in [1.82, 2.24) is 0 Å². The molecule has 15 aromatic carbocycles. The number of hydrogen-bond acceptors (Lipinski definition) is 2. The summed E-state index contributed by atoms with van der Waals surface area (Å²) < 4.78 is 0. The predicted molar refractivity (Wildman–Crippen MR) is 358 cm³/mol. The van der Waals surface area contributed by atoms with Crippen LogP contribution in [0.2, 0.25) is 0 Å². The lowest BCUT2D eigenvalue weighted by atomic mass is 9.83. The van der Waals surface area contributed by atoms with Crippen molar-refractivity contribution < 1.29 is 0 Å². The van der Waals surface area contributed by atoms with E-state index in [4.69, 9.17) is 0 Å². The topological polar surface area (TPSA) is 6.48 Å². The summed E-state index contributed by atoms with van der Waals surface area (Å²) >= 11 is 0. The minimum atomic E-state index is 1.09. The van der Waals surface area contributed by atoms with Gasteiger partial charge in [0.15, 0.2) is 0 Å². The largest absolute Gasteiger partial charge is 0.310 e. The normalized spacial score (nSPS) is 11.3. The molecule has 0 N–H and O–H groups in total. The third kappa shape index (κ3) is 9.13. The molecule has 394 valence electrons. The van der Waals surface area contributed by atoms with Crippen molar-refractivity contribution in [2.45, 2.75) is 0 Å². The third-order valence-corrected chi connectivity index (χ3v) is 16.6. The van der Waals surface area contributed by atoms with Crippen molar-refractivity contribution in [2.75, 3.05) is 9.80 Å². The van der Waals surface area contributed by atoms with Crippen LogP contribution in [0.3, 0.4) is 0 Å². The number of anilines is 6. The number of fused-ring (bicyclic) bond motifs is 4. The van der Waals surface area contributed by atoms with E-state index in [0.29, 0.717) is 0 Å². The molecular formula is C82H56N2. The lowest BCUT2D eigenvalue weighted by Crippen LogP contribution is -2.09. The molecule has 0 saturated carbocycles. The minimum absolute atomic E-state index is 1.09. The maximum atomic E-state index is 2.43. The van der Waals surface area contributed by atoms with E-state index in [9.17, 15) is 0 Å². The van der Waals surface area contributed by atoms with Gasteiger partial charge in [0.2, 0.25) is 0 Å². The molecule has 0 aliphatic carbocycles. The summed E-state index contributed by atoms with van der Waals surface area (Å²) in [5.74, 6) is 0. The van der Waals surface area contributed by atoms with Crippen LogP contribution < -0.4 is 9.80 Å². The second kappa shape index (κ2) is 21.8. The van der Waals surface area contributed by atoms with Crippen LogP contribution in [0, 0.1) is 0 Å². The Hall–Kier alpha value is -11.1.